The average molecular weight is 222 g/mol. The Morgan fingerprint density at radius 3 is 2.62 bits per heavy atom. The zero-order chi connectivity index (χ0) is 12.2. The molecular weight excluding hydrogens is 200 g/mol. The van der Waals surface area contributed by atoms with Gasteiger partial charge in [0.05, 0.1) is 7.11 Å². The first-order valence-electron chi connectivity index (χ1n) is 5.56. The molecule has 0 aliphatic carbocycles. The maximum Gasteiger partial charge on any atom is 0.120 e. The lowest BCUT2D eigenvalue weighted by atomic mass is 10.0. The van der Waals surface area contributed by atoms with E-state index < -0.39 is 0 Å². The van der Waals surface area contributed by atoms with Crippen LogP contribution < -0.4 is 15.4 Å². The number of anilines is 1. The molecule has 0 bridgehead atoms. The van der Waals surface area contributed by atoms with E-state index in [0.717, 1.165) is 24.4 Å². The second-order valence-electron chi connectivity index (χ2n) is 4.86. The van der Waals surface area contributed by atoms with Crippen LogP contribution in [0.25, 0.3) is 0 Å². The van der Waals surface area contributed by atoms with Crippen molar-refractivity contribution >= 4 is 5.69 Å². The van der Waals surface area contributed by atoms with E-state index in [1.165, 1.54) is 0 Å². The Bertz CT molecular complexity index is 331. The summed E-state index contributed by atoms with van der Waals surface area (Å²) in [6.07, 6.45) is 0.959. The Morgan fingerprint density at radius 1 is 1.38 bits per heavy atom. The Kier molecular flexibility index (Phi) is 4.19. The van der Waals surface area contributed by atoms with Gasteiger partial charge < -0.3 is 15.4 Å². The molecule has 0 unspecified atom stereocenters. The summed E-state index contributed by atoms with van der Waals surface area (Å²) in [5.74, 6) is 0.886. The number of hydrogen-bond acceptors (Lipinski definition) is 3. The summed E-state index contributed by atoms with van der Waals surface area (Å²) in [4.78, 5) is 2.19. The molecule has 0 radical (unpaired) electrons. The Labute approximate surface area is 98.2 Å². The zero-order valence-corrected chi connectivity index (χ0v) is 10.7. The molecule has 3 nitrogen and oxygen atoms in total. The Morgan fingerprint density at radius 2 is 2.06 bits per heavy atom. The van der Waals surface area contributed by atoms with Gasteiger partial charge in [-0.3, -0.25) is 0 Å². The average Bonchev–Trinajstić information content (AvgIpc) is 2.25. The normalized spacial score (nSPS) is 11.3. The van der Waals surface area contributed by atoms with Crippen molar-refractivity contribution in [2.24, 2.45) is 5.73 Å². The van der Waals surface area contributed by atoms with Gasteiger partial charge in [0.1, 0.15) is 5.75 Å². The van der Waals surface area contributed by atoms with E-state index in [0.29, 0.717) is 0 Å². The van der Waals surface area contributed by atoms with Crippen molar-refractivity contribution in [2.45, 2.75) is 25.8 Å². The van der Waals surface area contributed by atoms with Crippen LogP contribution in [-0.4, -0.2) is 26.2 Å². The van der Waals surface area contributed by atoms with Crippen molar-refractivity contribution in [3.8, 4) is 5.75 Å². The van der Waals surface area contributed by atoms with Crippen LogP contribution in [0.15, 0.2) is 24.3 Å². The minimum atomic E-state index is -0.118. The fourth-order valence-corrected chi connectivity index (χ4v) is 1.43. The number of methoxy groups -OCH3 is 1. The maximum atomic E-state index is 5.97. The number of hydrogen-bond donors (Lipinski definition) is 1. The molecular formula is C13H22N2O. The van der Waals surface area contributed by atoms with Crippen LogP contribution >= 0.6 is 0 Å². The predicted molar refractivity (Wildman–Crippen MR) is 69.1 cm³/mol. The van der Waals surface area contributed by atoms with Crippen molar-refractivity contribution in [3.63, 3.8) is 0 Å². The zero-order valence-electron chi connectivity index (χ0n) is 10.7. The summed E-state index contributed by atoms with van der Waals surface area (Å²) in [5, 5.41) is 0. The lowest BCUT2D eigenvalue weighted by molar-refractivity contribution is 0.414. The third-order valence-electron chi connectivity index (χ3n) is 2.59. The van der Waals surface area contributed by atoms with E-state index in [1.54, 1.807) is 7.11 Å². The van der Waals surface area contributed by atoms with Crippen LogP contribution in [0.2, 0.25) is 0 Å². The van der Waals surface area contributed by atoms with Gasteiger partial charge in [0.15, 0.2) is 0 Å². The molecule has 0 spiro atoms. The van der Waals surface area contributed by atoms with Gasteiger partial charge in [-0.25, -0.2) is 0 Å². The van der Waals surface area contributed by atoms with Crippen LogP contribution in [0.3, 0.4) is 0 Å². The molecule has 0 aliphatic heterocycles. The largest absolute Gasteiger partial charge is 0.497 e. The quantitative estimate of drug-likeness (QED) is 0.830. The first kappa shape index (κ1) is 12.8. The molecule has 2 N–H and O–H groups in total. The molecule has 0 aromatic heterocycles. The van der Waals surface area contributed by atoms with Gasteiger partial charge in [0.25, 0.3) is 0 Å². The predicted octanol–water partition coefficient (Wildman–Crippen LogP) is 2.26. The van der Waals surface area contributed by atoms with E-state index in [1.807, 2.05) is 32.0 Å². The molecule has 0 heterocycles. The lowest BCUT2D eigenvalue weighted by Gasteiger charge is -2.25. The molecule has 0 amide bonds. The number of rotatable bonds is 5. The molecule has 0 atom stereocenters. The summed E-state index contributed by atoms with van der Waals surface area (Å²) < 4.78 is 5.20. The topological polar surface area (TPSA) is 38.5 Å². The SMILES string of the molecule is COc1cccc(N(C)CCC(C)(C)N)c1. The second-order valence-corrected chi connectivity index (χ2v) is 4.86. The Balaban J connectivity index is 2.62. The van der Waals surface area contributed by atoms with Gasteiger partial charge in [-0.15, -0.1) is 0 Å². The minimum Gasteiger partial charge on any atom is -0.497 e. The van der Waals surface area contributed by atoms with Crippen molar-refractivity contribution in [1.82, 2.24) is 0 Å². The number of nitrogens with zero attached hydrogens (tertiary/aromatic N) is 1. The molecule has 16 heavy (non-hydrogen) atoms. The number of ether oxygens (including phenoxy) is 1. The summed E-state index contributed by atoms with van der Waals surface area (Å²) in [6.45, 7) is 5.04. The summed E-state index contributed by atoms with van der Waals surface area (Å²) in [7, 11) is 3.75. The fraction of sp³-hybridized carbons (Fsp3) is 0.538. The van der Waals surface area contributed by atoms with Gasteiger partial charge in [0.2, 0.25) is 0 Å². The highest BCUT2D eigenvalue weighted by molar-refractivity contribution is 5.50. The molecule has 0 saturated heterocycles. The third kappa shape index (κ3) is 4.11. The van der Waals surface area contributed by atoms with E-state index >= 15 is 0 Å². The van der Waals surface area contributed by atoms with Crippen LogP contribution in [0.1, 0.15) is 20.3 Å². The third-order valence-corrected chi connectivity index (χ3v) is 2.59. The second kappa shape index (κ2) is 5.21. The smallest absolute Gasteiger partial charge is 0.120 e. The molecule has 1 rings (SSSR count). The van der Waals surface area contributed by atoms with Crippen LogP contribution in [-0.2, 0) is 0 Å². The highest BCUT2D eigenvalue weighted by Crippen LogP contribution is 2.20. The highest BCUT2D eigenvalue weighted by atomic mass is 16.5. The molecule has 0 saturated carbocycles. The van der Waals surface area contributed by atoms with E-state index in [9.17, 15) is 0 Å². The summed E-state index contributed by atoms with van der Waals surface area (Å²) >= 11 is 0. The van der Waals surface area contributed by atoms with Gasteiger partial charge in [-0.05, 0) is 32.4 Å². The van der Waals surface area contributed by atoms with Crippen molar-refractivity contribution in [2.75, 3.05) is 25.6 Å². The molecule has 1 aromatic carbocycles. The molecule has 3 heteroatoms. The molecule has 90 valence electrons. The van der Waals surface area contributed by atoms with Gasteiger partial charge in [-0.2, -0.15) is 0 Å². The maximum absolute atomic E-state index is 5.97. The fourth-order valence-electron chi connectivity index (χ4n) is 1.43. The molecule has 0 fully saturated rings. The first-order valence-corrected chi connectivity index (χ1v) is 5.56. The standard InChI is InChI=1S/C13H22N2O/c1-13(2,14)8-9-15(3)11-6-5-7-12(10-11)16-4/h5-7,10H,8-9,14H2,1-4H3. The van der Waals surface area contributed by atoms with E-state index in [-0.39, 0.29) is 5.54 Å². The molecule has 1 aromatic rings. The lowest BCUT2D eigenvalue weighted by Crippen LogP contribution is -2.36. The van der Waals surface area contributed by atoms with E-state index in [4.69, 9.17) is 10.5 Å². The number of nitrogens with two attached hydrogens (primary N) is 1. The van der Waals surface area contributed by atoms with Gasteiger partial charge >= 0.3 is 0 Å². The minimum absolute atomic E-state index is 0.118. The summed E-state index contributed by atoms with van der Waals surface area (Å²) in [5.41, 5.74) is 7.00. The Hall–Kier alpha value is -1.22. The first-order chi connectivity index (χ1) is 7.42. The van der Waals surface area contributed by atoms with E-state index in [2.05, 4.69) is 18.0 Å². The molecule has 0 aliphatic rings. The number of benzene rings is 1. The van der Waals surface area contributed by atoms with Crippen LogP contribution in [0.5, 0.6) is 5.75 Å². The summed E-state index contributed by atoms with van der Waals surface area (Å²) in [6, 6.07) is 8.05. The highest BCUT2D eigenvalue weighted by Gasteiger charge is 2.12. The van der Waals surface area contributed by atoms with Crippen molar-refractivity contribution < 1.29 is 4.74 Å². The van der Waals surface area contributed by atoms with Crippen LogP contribution in [0.4, 0.5) is 5.69 Å². The van der Waals surface area contributed by atoms with Crippen molar-refractivity contribution in [1.29, 1.82) is 0 Å². The van der Waals surface area contributed by atoms with Crippen molar-refractivity contribution in [3.05, 3.63) is 24.3 Å². The van der Waals surface area contributed by atoms with Gasteiger partial charge in [-0.1, -0.05) is 6.07 Å². The van der Waals surface area contributed by atoms with Crippen LogP contribution in [0, 0.1) is 0 Å². The van der Waals surface area contributed by atoms with Gasteiger partial charge in [0, 0.05) is 30.9 Å². The monoisotopic (exact) mass is 222 g/mol.